The third-order valence-corrected chi connectivity index (χ3v) is 3.79. The average molecular weight is 339 g/mol. The minimum absolute atomic E-state index is 0.0989. The zero-order valence-corrected chi connectivity index (χ0v) is 13.1. The zero-order chi connectivity index (χ0) is 15.7. The SMILES string of the molecule is CC(NC(=O)c1nc(Cl)ccc1Cl)c1ccc2c(c1)OCO2. The molecule has 0 fully saturated rings. The van der Waals surface area contributed by atoms with Crippen LogP contribution in [0.15, 0.2) is 30.3 Å². The molecule has 2 aromatic rings. The highest BCUT2D eigenvalue weighted by molar-refractivity contribution is 6.34. The minimum Gasteiger partial charge on any atom is -0.454 e. The molecule has 1 aliphatic heterocycles. The molecule has 1 atom stereocenters. The fraction of sp³-hybridized carbons (Fsp3) is 0.200. The van der Waals surface area contributed by atoms with Crippen LogP contribution in [0.4, 0.5) is 0 Å². The number of ether oxygens (including phenoxy) is 2. The number of nitrogens with one attached hydrogen (secondary N) is 1. The molecule has 1 amide bonds. The van der Waals surface area contributed by atoms with Gasteiger partial charge < -0.3 is 14.8 Å². The second-order valence-corrected chi connectivity index (χ2v) is 5.57. The van der Waals surface area contributed by atoms with Crippen LogP contribution in [0.3, 0.4) is 0 Å². The van der Waals surface area contributed by atoms with E-state index in [2.05, 4.69) is 10.3 Å². The molecule has 1 aromatic carbocycles. The predicted octanol–water partition coefficient (Wildman–Crippen LogP) is 3.61. The lowest BCUT2D eigenvalue weighted by molar-refractivity contribution is 0.0935. The molecule has 0 aliphatic carbocycles. The molecular formula is C15H12Cl2N2O3. The molecule has 1 aromatic heterocycles. The molecule has 0 bridgehead atoms. The lowest BCUT2D eigenvalue weighted by Gasteiger charge is -2.15. The molecule has 114 valence electrons. The summed E-state index contributed by atoms with van der Waals surface area (Å²) in [5, 5.41) is 3.29. The van der Waals surface area contributed by atoms with Gasteiger partial charge in [-0.2, -0.15) is 0 Å². The Morgan fingerprint density at radius 2 is 2.00 bits per heavy atom. The Morgan fingerprint density at radius 1 is 1.23 bits per heavy atom. The quantitative estimate of drug-likeness (QED) is 0.868. The topological polar surface area (TPSA) is 60.5 Å². The maximum absolute atomic E-state index is 12.3. The van der Waals surface area contributed by atoms with Gasteiger partial charge in [-0.3, -0.25) is 4.79 Å². The fourth-order valence-corrected chi connectivity index (χ4v) is 2.45. The number of aromatic nitrogens is 1. The van der Waals surface area contributed by atoms with Gasteiger partial charge in [0.15, 0.2) is 11.5 Å². The third-order valence-electron chi connectivity index (χ3n) is 3.27. The summed E-state index contributed by atoms with van der Waals surface area (Å²) < 4.78 is 10.6. The van der Waals surface area contributed by atoms with Crippen LogP contribution < -0.4 is 14.8 Å². The highest BCUT2D eigenvalue weighted by atomic mass is 35.5. The number of pyridine rings is 1. The van der Waals surface area contributed by atoms with E-state index in [1.54, 1.807) is 0 Å². The van der Waals surface area contributed by atoms with Crippen molar-refractivity contribution in [2.75, 3.05) is 6.79 Å². The Morgan fingerprint density at radius 3 is 2.82 bits per heavy atom. The standard InChI is InChI=1S/C15H12Cl2N2O3/c1-8(9-2-4-11-12(6-9)22-7-21-11)18-15(20)14-10(16)3-5-13(17)19-14/h2-6,8H,7H2,1H3,(H,18,20). The Labute approximate surface area is 137 Å². The number of hydrogen-bond donors (Lipinski definition) is 1. The molecule has 3 rings (SSSR count). The van der Waals surface area contributed by atoms with E-state index in [0.717, 1.165) is 5.56 Å². The van der Waals surface area contributed by atoms with Crippen molar-refractivity contribution in [3.63, 3.8) is 0 Å². The number of amides is 1. The van der Waals surface area contributed by atoms with E-state index >= 15 is 0 Å². The highest BCUT2D eigenvalue weighted by Crippen LogP contribution is 2.34. The summed E-state index contributed by atoms with van der Waals surface area (Å²) in [6, 6.07) is 8.33. The lowest BCUT2D eigenvalue weighted by Crippen LogP contribution is -2.27. The monoisotopic (exact) mass is 338 g/mol. The first-order chi connectivity index (χ1) is 10.5. The number of carbonyl (C=O) groups is 1. The summed E-state index contributed by atoms with van der Waals surface area (Å²) in [6.45, 7) is 2.06. The van der Waals surface area contributed by atoms with Gasteiger partial charge in [0.2, 0.25) is 6.79 Å². The van der Waals surface area contributed by atoms with E-state index in [4.69, 9.17) is 32.7 Å². The molecule has 7 heteroatoms. The van der Waals surface area contributed by atoms with Crippen LogP contribution in [0.5, 0.6) is 11.5 Å². The summed E-state index contributed by atoms with van der Waals surface area (Å²) in [4.78, 5) is 16.2. The molecule has 22 heavy (non-hydrogen) atoms. The van der Waals surface area contributed by atoms with Crippen LogP contribution >= 0.6 is 23.2 Å². The molecule has 1 aliphatic rings. The molecule has 1 N–H and O–H groups in total. The number of halogens is 2. The zero-order valence-electron chi connectivity index (χ0n) is 11.6. The van der Waals surface area contributed by atoms with Crippen molar-refractivity contribution in [2.45, 2.75) is 13.0 Å². The number of fused-ring (bicyclic) bond motifs is 1. The Kier molecular flexibility index (Phi) is 4.09. The summed E-state index contributed by atoms with van der Waals surface area (Å²) in [5.74, 6) is 0.969. The van der Waals surface area contributed by atoms with Crippen LogP contribution in [0.1, 0.15) is 29.0 Å². The molecule has 0 saturated heterocycles. The first kappa shape index (κ1) is 14.9. The second-order valence-electron chi connectivity index (χ2n) is 4.77. The summed E-state index contributed by atoms with van der Waals surface area (Å²) >= 11 is 11.8. The van der Waals surface area contributed by atoms with Crippen molar-refractivity contribution in [3.05, 3.63) is 51.8 Å². The van der Waals surface area contributed by atoms with E-state index in [0.29, 0.717) is 11.5 Å². The smallest absolute Gasteiger partial charge is 0.271 e. The van der Waals surface area contributed by atoms with E-state index < -0.39 is 5.91 Å². The number of hydrogen-bond acceptors (Lipinski definition) is 4. The Bertz CT molecular complexity index is 737. The first-order valence-corrected chi connectivity index (χ1v) is 7.32. The van der Waals surface area contributed by atoms with Gasteiger partial charge in [-0.1, -0.05) is 29.3 Å². The molecule has 0 saturated carbocycles. The van der Waals surface area contributed by atoms with E-state index in [1.807, 2.05) is 25.1 Å². The minimum atomic E-state index is -0.391. The Hall–Kier alpha value is -1.98. The van der Waals surface area contributed by atoms with Crippen LogP contribution in [-0.2, 0) is 0 Å². The highest BCUT2D eigenvalue weighted by Gasteiger charge is 2.19. The fourth-order valence-electron chi connectivity index (χ4n) is 2.11. The van der Waals surface area contributed by atoms with Crippen molar-refractivity contribution in [3.8, 4) is 11.5 Å². The largest absolute Gasteiger partial charge is 0.454 e. The van der Waals surface area contributed by atoms with Crippen LogP contribution in [-0.4, -0.2) is 17.7 Å². The van der Waals surface area contributed by atoms with Gasteiger partial charge in [-0.05, 0) is 36.8 Å². The first-order valence-electron chi connectivity index (χ1n) is 6.57. The van der Waals surface area contributed by atoms with Crippen LogP contribution in [0.2, 0.25) is 10.2 Å². The van der Waals surface area contributed by atoms with Crippen LogP contribution in [0.25, 0.3) is 0 Å². The maximum atomic E-state index is 12.3. The van der Waals surface area contributed by atoms with Crippen molar-refractivity contribution >= 4 is 29.1 Å². The number of carbonyl (C=O) groups excluding carboxylic acids is 1. The van der Waals surface area contributed by atoms with Crippen molar-refractivity contribution in [1.82, 2.24) is 10.3 Å². The molecule has 5 nitrogen and oxygen atoms in total. The second kappa shape index (κ2) is 6.02. The third kappa shape index (κ3) is 2.96. The van der Waals surface area contributed by atoms with Crippen molar-refractivity contribution < 1.29 is 14.3 Å². The van der Waals surface area contributed by atoms with Gasteiger partial charge in [-0.15, -0.1) is 0 Å². The van der Waals surface area contributed by atoms with Gasteiger partial charge >= 0.3 is 0 Å². The molecular weight excluding hydrogens is 327 g/mol. The van der Waals surface area contributed by atoms with Gasteiger partial charge in [-0.25, -0.2) is 4.98 Å². The number of benzene rings is 1. The number of rotatable bonds is 3. The summed E-state index contributed by atoms with van der Waals surface area (Å²) in [6.07, 6.45) is 0. The maximum Gasteiger partial charge on any atom is 0.271 e. The summed E-state index contributed by atoms with van der Waals surface area (Å²) in [7, 11) is 0. The summed E-state index contributed by atoms with van der Waals surface area (Å²) in [5.41, 5.74) is 0.984. The normalized spacial score (nSPS) is 13.8. The van der Waals surface area contributed by atoms with Gasteiger partial charge in [0.25, 0.3) is 5.91 Å². The lowest BCUT2D eigenvalue weighted by atomic mass is 10.1. The van der Waals surface area contributed by atoms with Gasteiger partial charge in [0, 0.05) is 0 Å². The van der Waals surface area contributed by atoms with E-state index in [-0.39, 0.29) is 28.7 Å². The number of nitrogens with zero attached hydrogens (tertiary/aromatic N) is 1. The van der Waals surface area contributed by atoms with Crippen LogP contribution in [0, 0.1) is 0 Å². The van der Waals surface area contributed by atoms with Gasteiger partial charge in [0.05, 0.1) is 11.1 Å². The molecule has 0 spiro atoms. The molecule has 1 unspecified atom stereocenters. The molecule has 0 radical (unpaired) electrons. The van der Waals surface area contributed by atoms with Crippen molar-refractivity contribution in [2.24, 2.45) is 0 Å². The van der Waals surface area contributed by atoms with Crippen molar-refractivity contribution in [1.29, 1.82) is 0 Å². The molecule has 2 heterocycles. The predicted molar refractivity (Wildman–Crippen MR) is 82.7 cm³/mol. The Balaban J connectivity index is 1.77. The van der Waals surface area contributed by atoms with E-state index in [1.165, 1.54) is 12.1 Å². The van der Waals surface area contributed by atoms with E-state index in [9.17, 15) is 4.79 Å². The van der Waals surface area contributed by atoms with Gasteiger partial charge in [0.1, 0.15) is 10.8 Å². The average Bonchev–Trinajstić information content (AvgIpc) is 2.97.